The van der Waals surface area contributed by atoms with Crippen LogP contribution in [0.25, 0.3) is 16.9 Å². The zero-order valence-electron chi connectivity index (χ0n) is 18.8. The third kappa shape index (κ3) is 4.18. The van der Waals surface area contributed by atoms with E-state index in [2.05, 4.69) is 10.4 Å². The minimum absolute atomic E-state index is 0.132. The lowest BCUT2D eigenvalue weighted by molar-refractivity contribution is -0.117. The van der Waals surface area contributed by atoms with Crippen LogP contribution < -0.4 is 10.1 Å². The molecule has 1 atom stereocenters. The van der Waals surface area contributed by atoms with E-state index in [1.165, 1.54) is 0 Å². The van der Waals surface area contributed by atoms with Crippen LogP contribution in [0.2, 0.25) is 0 Å². The molecule has 0 bridgehead atoms. The van der Waals surface area contributed by atoms with Crippen molar-refractivity contribution >= 4 is 29.1 Å². The number of fused-ring (bicyclic) bond motifs is 3. The van der Waals surface area contributed by atoms with Crippen LogP contribution in [0.1, 0.15) is 16.1 Å². The predicted octanol–water partition coefficient (Wildman–Crippen LogP) is 5.11. The van der Waals surface area contributed by atoms with Crippen LogP contribution in [0.3, 0.4) is 0 Å². The van der Waals surface area contributed by atoms with Crippen molar-refractivity contribution in [3.05, 3.63) is 90.1 Å². The van der Waals surface area contributed by atoms with E-state index < -0.39 is 17.6 Å². The molecule has 7 nitrogen and oxygen atoms in total. The number of rotatable bonds is 6. The molecule has 1 aliphatic heterocycles. The maximum Gasteiger partial charge on any atom is 0.249 e. The largest absolute Gasteiger partial charge is 0.497 e. The normalized spacial score (nSPS) is 12.6. The van der Waals surface area contributed by atoms with Crippen LogP contribution in [0.4, 0.5) is 5.69 Å². The van der Waals surface area contributed by atoms with Crippen molar-refractivity contribution in [1.82, 2.24) is 9.78 Å². The van der Waals surface area contributed by atoms with Gasteiger partial charge in [-0.25, -0.2) is 4.68 Å². The molecule has 0 aliphatic carbocycles. The highest BCUT2D eigenvalue weighted by molar-refractivity contribution is 7.98. The molecule has 0 spiro atoms. The second kappa shape index (κ2) is 9.49. The molecule has 3 aromatic carbocycles. The number of hydrogen-bond donors (Lipinski definition) is 1. The zero-order valence-corrected chi connectivity index (χ0v) is 19.6. The Hall–Kier alpha value is -4.35. The molecule has 0 fully saturated rings. The number of para-hydroxylation sites is 1. The number of methoxy groups -OCH3 is 1. The highest BCUT2D eigenvalue weighted by Gasteiger charge is 2.35. The summed E-state index contributed by atoms with van der Waals surface area (Å²) in [5, 5.41) is 17.1. The zero-order chi connectivity index (χ0) is 24.4. The Morgan fingerprint density at radius 3 is 2.49 bits per heavy atom. The summed E-state index contributed by atoms with van der Waals surface area (Å²) in [7, 11) is 1.59. The fourth-order valence-corrected chi connectivity index (χ4v) is 5.09. The topological polar surface area (TPSA) is 97.0 Å². The quantitative estimate of drug-likeness (QED) is 0.304. The van der Waals surface area contributed by atoms with Crippen LogP contribution in [0, 0.1) is 17.2 Å². The molecule has 1 N–H and O–H groups in total. The molecule has 5 rings (SSSR count). The fourth-order valence-electron chi connectivity index (χ4n) is 4.02. The fraction of sp³-hybridized carbons (Fsp3) is 0.111. The summed E-state index contributed by atoms with van der Waals surface area (Å²) < 4.78 is 6.98. The second-order valence-corrected chi connectivity index (χ2v) is 8.87. The van der Waals surface area contributed by atoms with Crippen LogP contribution in [-0.2, 0) is 10.5 Å². The summed E-state index contributed by atoms with van der Waals surface area (Å²) >= 11 is 1.60. The Labute approximate surface area is 206 Å². The number of nitriles is 1. The number of nitrogens with one attached hydrogen (secondary N) is 1. The van der Waals surface area contributed by atoms with E-state index in [4.69, 9.17) is 4.74 Å². The van der Waals surface area contributed by atoms with Crippen molar-refractivity contribution in [3.63, 3.8) is 0 Å². The molecule has 172 valence electrons. The van der Waals surface area contributed by atoms with E-state index >= 15 is 0 Å². The molecule has 1 aromatic heterocycles. The first-order valence-electron chi connectivity index (χ1n) is 10.9. The van der Waals surface area contributed by atoms with Gasteiger partial charge in [0.2, 0.25) is 11.7 Å². The van der Waals surface area contributed by atoms with Gasteiger partial charge in [0, 0.05) is 27.5 Å². The molecule has 2 heterocycles. The van der Waals surface area contributed by atoms with Gasteiger partial charge < -0.3 is 10.1 Å². The number of aromatic nitrogens is 2. The third-order valence-electron chi connectivity index (χ3n) is 5.74. The molecule has 8 heteroatoms. The maximum absolute atomic E-state index is 13.5. The van der Waals surface area contributed by atoms with Gasteiger partial charge in [-0.2, -0.15) is 10.4 Å². The van der Waals surface area contributed by atoms with E-state index in [0.717, 1.165) is 21.8 Å². The number of thioether (sulfide) groups is 1. The molecule has 0 saturated carbocycles. The maximum atomic E-state index is 13.5. The van der Waals surface area contributed by atoms with Crippen molar-refractivity contribution in [3.8, 4) is 28.8 Å². The van der Waals surface area contributed by atoms with Gasteiger partial charge in [0.15, 0.2) is 5.92 Å². The van der Waals surface area contributed by atoms with Crippen molar-refractivity contribution in [2.45, 2.75) is 10.6 Å². The number of carbonyl (C=O) groups excluding carboxylic acids is 2. The van der Waals surface area contributed by atoms with Crippen molar-refractivity contribution in [1.29, 1.82) is 5.26 Å². The van der Waals surface area contributed by atoms with E-state index in [-0.39, 0.29) is 5.69 Å². The van der Waals surface area contributed by atoms with Gasteiger partial charge >= 0.3 is 0 Å². The summed E-state index contributed by atoms with van der Waals surface area (Å²) in [6.45, 7) is 0. The van der Waals surface area contributed by atoms with Gasteiger partial charge in [0.1, 0.15) is 11.4 Å². The summed E-state index contributed by atoms with van der Waals surface area (Å²) in [4.78, 5) is 27.5. The van der Waals surface area contributed by atoms with Crippen LogP contribution >= 0.6 is 11.8 Å². The first-order chi connectivity index (χ1) is 17.1. The van der Waals surface area contributed by atoms with Gasteiger partial charge in [-0.05, 0) is 42.5 Å². The third-order valence-corrected chi connectivity index (χ3v) is 6.84. The first kappa shape index (κ1) is 22.4. The number of Topliss-reactive ketones (excluding diaryl/α,β-unsaturated/α-hetero) is 1. The number of anilines is 1. The van der Waals surface area contributed by atoms with E-state index in [9.17, 15) is 14.9 Å². The first-order valence-corrected chi connectivity index (χ1v) is 11.9. The minimum atomic E-state index is -1.53. The number of benzene rings is 3. The predicted molar refractivity (Wildman–Crippen MR) is 134 cm³/mol. The summed E-state index contributed by atoms with van der Waals surface area (Å²) in [6, 6.07) is 25.9. The van der Waals surface area contributed by atoms with Gasteiger partial charge in [-0.1, -0.05) is 36.4 Å². The molecule has 0 radical (unpaired) electrons. The Balaban J connectivity index is 1.59. The highest BCUT2D eigenvalue weighted by Crippen LogP contribution is 2.44. The lowest BCUT2D eigenvalue weighted by Gasteiger charge is -2.18. The number of carbonyl (C=O) groups is 2. The average Bonchev–Trinajstić information content (AvgIpc) is 3.30. The Morgan fingerprint density at radius 2 is 1.77 bits per heavy atom. The number of ketones is 1. The summed E-state index contributed by atoms with van der Waals surface area (Å²) in [5.41, 5.74) is 3.83. The number of ether oxygens (including phenoxy) is 1. The van der Waals surface area contributed by atoms with Crippen LogP contribution in [0.15, 0.2) is 83.8 Å². The SMILES string of the molecule is COc1ccc(-n2nc(C(=O)C(C#N)C(=O)Nc3ccccc3)c3c2-c2ccccc2SC3)cc1. The average molecular weight is 481 g/mol. The summed E-state index contributed by atoms with van der Waals surface area (Å²) in [6.07, 6.45) is 0. The lowest BCUT2D eigenvalue weighted by atomic mass is 9.97. The van der Waals surface area contributed by atoms with Gasteiger partial charge in [0.25, 0.3) is 0 Å². The number of nitrogens with zero attached hydrogens (tertiary/aromatic N) is 3. The molecule has 1 amide bonds. The van der Waals surface area contributed by atoms with Crippen molar-refractivity contribution in [2.24, 2.45) is 5.92 Å². The molecule has 1 aliphatic rings. The smallest absolute Gasteiger partial charge is 0.249 e. The minimum Gasteiger partial charge on any atom is -0.497 e. The van der Waals surface area contributed by atoms with Crippen LogP contribution in [-0.4, -0.2) is 28.6 Å². The Bertz CT molecular complexity index is 1460. The van der Waals surface area contributed by atoms with Gasteiger partial charge in [-0.15, -0.1) is 11.8 Å². The molecule has 1 unspecified atom stereocenters. The molecular weight excluding hydrogens is 460 g/mol. The van der Waals surface area contributed by atoms with E-state index in [0.29, 0.717) is 22.8 Å². The monoisotopic (exact) mass is 480 g/mol. The number of hydrogen-bond acceptors (Lipinski definition) is 6. The standard InChI is InChI=1S/C27H20N4O3S/c1-34-19-13-11-18(12-14-19)31-25-20-9-5-6-10-23(20)35-16-22(25)24(30-31)26(32)21(15-28)27(33)29-17-7-3-2-4-8-17/h2-14,21H,16H2,1H3,(H,29,33). The highest BCUT2D eigenvalue weighted by atomic mass is 32.2. The van der Waals surface area contributed by atoms with Crippen molar-refractivity contribution in [2.75, 3.05) is 12.4 Å². The van der Waals surface area contributed by atoms with Gasteiger partial charge in [0.05, 0.1) is 24.6 Å². The van der Waals surface area contributed by atoms with Gasteiger partial charge in [-0.3, -0.25) is 9.59 Å². The van der Waals surface area contributed by atoms with E-state index in [1.54, 1.807) is 47.8 Å². The van der Waals surface area contributed by atoms with Crippen molar-refractivity contribution < 1.29 is 14.3 Å². The molecular formula is C27H20N4O3S. The molecule has 35 heavy (non-hydrogen) atoms. The second-order valence-electron chi connectivity index (χ2n) is 7.85. The lowest BCUT2D eigenvalue weighted by Crippen LogP contribution is -2.29. The Morgan fingerprint density at radius 1 is 1.06 bits per heavy atom. The van der Waals surface area contributed by atoms with Crippen LogP contribution in [0.5, 0.6) is 5.75 Å². The summed E-state index contributed by atoms with van der Waals surface area (Å²) in [5.74, 6) is -1.63. The molecule has 4 aromatic rings. The molecule has 0 saturated heterocycles. The Kier molecular flexibility index (Phi) is 6.08. The van der Waals surface area contributed by atoms with E-state index in [1.807, 2.05) is 60.7 Å². The number of amides is 1.